The van der Waals surface area contributed by atoms with Gasteiger partial charge in [-0.1, -0.05) is 6.07 Å². The maximum absolute atomic E-state index is 12.3. The van der Waals surface area contributed by atoms with Gasteiger partial charge < -0.3 is 14.4 Å². The molecule has 0 saturated carbocycles. The van der Waals surface area contributed by atoms with Crippen LogP contribution in [-0.4, -0.2) is 63.0 Å². The fraction of sp³-hybridized carbons (Fsp3) is 0.542. The third kappa shape index (κ3) is 4.96. The van der Waals surface area contributed by atoms with Gasteiger partial charge in [0.05, 0.1) is 30.4 Å². The fourth-order valence-electron chi connectivity index (χ4n) is 4.15. The number of carbonyl (C=O) groups excluding carboxylic acids is 1. The lowest BCUT2D eigenvalue weighted by Crippen LogP contribution is -2.42. The highest BCUT2D eigenvalue weighted by molar-refractivity contribution is 5.83. The molecule has 32 heavy (non-hydrogen) atoms. The molecule has 1 aliphatic rings. The zero-order chi connectivity index (χ0) is 22.9. The molecule has 1 aliphatic heterocycles. The van der Waals surface area contributed by atoms with E-state index in [0.717, 1.165) is 47.2 Å². The molecule has 0 spiro atoms. The van der Waals surface area contributed by atoms with Crippen molar-refractivity contribution in [1.29, 1.82) is 0 Å². The van der Waals surface area contributed by atoms with E-state index in [4.69, 9.17) is 14.6 Å². The number of piperidine rings is 1. The summed E-state index contributed by atoms with van der Waals surface area (Å²) in [6, 6.07) is 8.68. The van der Waals surface area contributed by atoms with E-state index < -0.39 is 5.60 Å². The van der Waals surface area contributed by atoms with Crippen molar-refractivity contribution in [3.05, 3.63) is 36.2 Å². The summed E-state index contributed by atoms with van der Waals surface area (Å²) in [4.78, 5) is 14.1. The van der Waals surface area contributed by atoms with Crippen molar-refractivity contribution in [3.63, 3.8) is 0 Å². The van der Waals surface area contributed by atoms with Gasteiger partial charge in [-0.05, 0) is 58.7 Å². The van der Waals surface area contributed by atoms with Crippen LogP contribution in [-0.2, 0) is 16.0 Å². The topological polar surface area (TPSA) is 74.4 Å². The number of ether oxygens (including phenoxy) is 2. The van der Waals surface area contributed by atoms with Crippen LogP contribution in [0.3, 0.4) is 0 Å². The van der Waals surface area contributed by atoms with E-state index in [2.05, 4.69) is 34.9 Å². The molecular weight excluding hydrogens is 406 g/mol. The number of rotatable bonds is 5. The van der Waals surface area contributed by atoms with E-state index in [-0.39, 0.29) is 12.1 Å². The van der Waals surface area contributed by atoms with Gasteiger partial charge in [0, 0.05) is 43.0 Å². The van der Waals surface area contributed by atoms with Crippen LogP contribution >= 0.6 is 0 Å². The average Bonchev–Trinajstić information content (AvgIpc) is 3.33. The first-order valence-electron chi connectivity index (χ1n) is 11.2. The quantitative estimate of drug-likeness (QED) is 0.588. The molecule has 0 N–H and O–H groups in total. The molecule has 0 aliphatic carbocycles. The largest absolute Gasteiger partial charge is 0.444 e. The number of aromatic nitrogens is 4. The predicted molar refractivity (Wildman–Crippen MR) is 124 cm³/mol. The van der Waals surface area contributed by atoms with E-state index >= 15 is 0 Å². The van der Waals surface area contributed by atoms with Gasteiger partial charge in [0.25, 0.3) is 0 Å². The fourth-order valence-corrected chi connectivity index (χ4v) is 4.15. The van der Waals surface area contributed by atoms with Gasteiger partial charge in [0.1, 0.15) is 5.60 Å². The molecule has 0 radical (unpaired) electrons. The van der Waals surface area contributed by atoms with Gasteiger partial charge in [-0.3, -0.25) is 9.36 Å². The average molecular weight is 440 g/mol. The van der Waals surface area contributed by atoms with Crippen molar-refractivity contribution in [3.8, 4) is 11.3 Å². The summed E-state index contributed by atoms with van der Waals surface area (Å²) in [5.41, 5.74) is 3.67. The SMILES string of the molecule is COCCn1cc2cc(-c3cc(C)n(C4CCN(C(=O)OC(C)(C)C)CC4)n3)ccc2n1. The minimum Gasteiger partial charge on any atom is -0.444 e. The monoisotopic (exact) mass is 439 g/mol. The lowest BCUT2D eigenvalue weighted by molar-refractivity contribution is 0.0184. The summed E-state index contributed by atoms with van der Waals surface area (Å²) in [5.74, 6) is 0. The molecular formula is C24H33N5O3. The van der Waals surface area contributed by atoms with Gasteiger partial charge in [-0.25, -0.2) is 4.79 Å². The molecule has 1 amide bonds. The minimum atomic E-state index is -0.469. The molecule has 0 atom stereocenters. The van der Waals surface area contributed by atoms with Gasteiger partial charge in [-0.2, -0.15) is 10.2 Å². The standard InChI is InChI=1S/C24H33N5O3/c1-17-14-22(18-6-7-21-19(15-18)16-28(25-21)12-13-31-5)26-29(17)20-8-10-27(11-9-20)23(30)32-24(2,3)4/h6-7,14-16,20H,8-13H2,1-5H3. The highest BCUT2D eigenvalue weighted by Gasteiger charge is 2.28. The molecule has 8 heteroatoms. The number of methoxy groups -OCH3 is 1. The van der Waals surface area contributed by atoms with Crippen LogP contribution in [0.1, 0.15) is 45.3 Å². The van der Waals surface area contributed by atoms with E-state index in [1.54, 1.807) is 12.0 Å². The number of likely N-dealkylation sites (tertiary alicyclic amines) is 1. The molecule has 3 heterocycles. The number of fused-ring (bicyclic) bond motifs is 1. The van der Waals surface area contributed by atoms with Gasteiger partial charge in [0.2, 0.25) is 0 Å². The Hall–Kier alpha value is -2.87. The van der Waals surface area contributed by atoms with Crippen molar-refractivity contribution < 1.29 is 14.3 Å². The minimum absolute atomic E-state index is 0.229. The third-order valence-electron chi connectivity index (χ3n) is 5.76. The number of nitrogens with zero attached hydrogens (tertiary/aromatic N) is 5. The maximum atomic E-state index is 12.3. The van der Waals surface area contributed by atoms with Crippen LogP contribution in [0.4, 0.5) is 4.79 Å². The summed E-state index contributed by atoms with van der Waals surface area (Å²) >= 11 is 0. The van der Waals surface area contributed by atoms with Crippen molar-refractivity contribution in [2.75, 3.05) is 26.8 Å². The molecule has 0 bridgehead atoms. The number of amides is 1. The van der Waals surface area contributed by atoms with Crippen molar-refractivity contribution in [2.45, 2.75) is 58.7 Å². The number of carbonyl (C=O) groups is 1. The Morgan fingerprint density at radius 3 is 2.59 bits per heavy atom. The number of benzene rings is 1. The zero-order valence-electron chi connectivity index (χ0n) is 19.7. The van der Waals surface area contributed by atoms with Gasteiger partial charge in [-0.15, -0.1) is 0 Å². The van der Waals surface area contributed by atoms with Gasteiger partial charge in [0.15, 0.2) is 0 Å². The Kier molecular flexibility index (Phi) is 6.24. The lowest BCUT2D eigenvalue weighted by atomic mass is 10.1. The Bertz CT molecular complexity index is 1090. The Balaban J connectivity index is 1.46. The number of aryl methyl sites for hydroxylation is 1. The lowest BCUT2D eigenvalue weighted by Gasteiger charge is -2.33. The number of hydrogen-bond acceptors (Lipinski definition) is 5. The molecule has 1 aromatic carbocycles. The second kappa shape index (κ2) is 8.94. The molecule has 8 nitrogen and oxygen atoms in total. The molecule has 2 aromatic heterocycles. The maximum Gasteiger partial charge on any atom is 0.410 e. The summed E-state index contributed by atoms with van der Waals surface area (Å²) < 4.78 is 14.7. The van der Waals surface area contributed by atoms with E-state index in [0.29, 0.717) is 19.7 Å². The van der Waals surface area contributed by atoms with E-state index in [1.165, 1.54) is 0 Å². The normalized spacial score (nSPS) is 15.5. The highest BCUT2D eigenvalue weighted by atomic mass is 16.6. The third-order valence-corrected chi connectivity index (χ3v) is 5.76. The Morgan fingerprint density at radius 1 is 1.16 bits per heavy atom. The van der Waals surface area contributed by atoms with Crippen molar-refractivity contribution >= 4 is 17.0 Å². The molecule has 1 saturated heterocycles. The van der Waals surface area contributed by atoms with Crippen LogP contribution in [0.25, 0.3) is 22.2 Å². The summed E-state index contributed by atoms with van der Waals surface area (Å²) in [6.07, 6.45) is 3.56. The Morgan fingerprint density at radius 2 is 1.91 bits per heavy atom. The van der Waals surface area contributed by atoms with E-state index in [9.17, 15) is 4.79 Å². The molecule has 172 valence electrons. The first kappa shape index (κ1) is 22.3. The molecule has 4 rings (SSSR count). The van der Waals surface area contributed by atoms with Crippen LogP contribution in [0.15, 0.2) is 30.5 Å². The van der Waals surface area contributed by atoms with Crippen molar-refractivity contribution in [1.82, 2.24) is 24.5 Å². The molecule has 0 unspecified atom stereocenters. The molecule has 1 fully saturated rings. The summed E-state index contributed by atoms with van der Waals surface area (Å²) in [6.45, 7) is 10.5. The van der Waals surface area contributed by atoms with Crippen LogP contribution in [0, 0.1) is 6.92 Å². The Labute approximate surface area is 189 Å². The summed E-state index contributed by atoms with van der Waals surface area (Å²) in [5, 5.41) is 10.6. The first-order chi connectivity index (χ1) is 15.2. The number of hydrogen-bond donors (Lipinski definition) is 0. The van der Waals surface area contributed by atoms with Crippen LogP contribution < -0.4 is 0 Å². The second-order valence-electron chi connectivity index (χ2n) is 9.47. The van der Waals surface area contributed by atoms with E-state index in [1.807, 2.05) is 37.7 Å². The van der Waals surface area contributed by atoms with Crippen LogP contribution in [0.5, 0.6) is 0 Å². The summed E-state index contributed by atoms with van der Waals surface area (Å²) in [7, 11) is 1.70. The molecule has 3 aromatic rings. The second-order valence-corrected chi connectivity index (χ2v) is 9.47. The predicted octanol–water partition coefficient (Wildman–Crippen LogP) is 4.43. The van der Waals surface area contributed by atoms with Crippen LogP contribution in [0.2, 0.25) is 0 Å². The smallest absolute Gasteiger partial charge is 0.410 e. The van der Waals surface area contributed by atoms with Gasteiger partial charge >= 0.3 is 6.09 Å². The first-order valence-corrected chi connectivity index (χ1v) is 11.2. The highest BCUT2D eigenvalue weighted by Crippen LogP contribution is 2.29. The zero-order valence-corrected chi connectivity index (χ0v) is 19.7. The van der Waals surface area contributed by atoms with Crippen molar-refractivity contribution in [2.24, 2.45) is 0 Å².